The van der Waals surface area contributed by atoms with E-state index < -0.39 is 0 Å². The van der Waals surface area contributed by atoms with Crippen LogP contribution in [0.15, 0.2) is 66.0 Å². The minimum Gasteiger partial charge on any atom is -0.343 e. The lowest BCUT2D eigenvalue weighted by Crippen LogP contribution is -2.17. The largest absolute Gasteiger partial charge is 0.343 e. The zero-order valence-corrected chi connectivity index (χ0v) is 19.2. The molecule has 0 spiro atoms. The van der Waals surface area contributed by atoms with Crippen LogP contribution in [0.1, 0.15) is 11.1 Å². The van der Waals surface area contributed by atoms with Gasteiger partial charge in [0.15, 0.2) is 0 Å². The van der Waals surface area contributed by atoms with Crippen LogP contribution in [0.25, 0.3) is 21.2 Å². The van der Waals surface area contributed by atoms with Crippen LogP contribution in [0.2, 0.25) is 5.02 Å². The molecule has 0 unspecified atom stereocenters. The molecule has 0 saturated carbocycles. The van der Waals surface area contributed by atoms with Gasteiger partial charge in [-0.1, -0.05) is 54.1 Å². The summed E-state index contributed by atoms with van der Waals surface area (Å²) in [6.07, 6.45) is 2.06. The number of nitrogens with one attached hydrogen (secondary N) is 1. The van der Waals surface area contributed by atoms with E-state index in [1.54, 1.807) is 11.3 Å². The summed E-state index contributed by atoms with van der Waals surface area (Å²) in [5.74, 6) is 0. The topological polar surface area (TPSA) is 15.3 Å². The van der Waals surface area contributed by atoms with Gasteiger partial charge in [0.25, 0.3) is 0 Å². The minimum atomic E-state index is 0. The van der Waals surface area contributed by atoms with Gasteiger partial charge >= 0.3 is 0 Å². The third-order valence-corrected chi connectivity index (χ3v) is 7.07. The van der Waals surface area contributed by atoms with E-state index in [-0.39, 0.29) is 12.4 Å². The molecule has 4 aromatic rings. The van der Waals surface area contributed by atoms with Crippen LogP contribution in [0.4, 0.5) is 11.4 Å². The van der Waals surface area contributed by atoms with Crippen molar-refractivity contribution in [1.82, 2.24) is 5.32 Å². The minimum absolute atomic E-state index is 0. The van der Waals surface area contributed by atoms with Crippen LogP contribution in [0.5, 0.6) is 0 Å². The molecule has 2 nitrogen and oxygen atoms in total. The first-order valence-corrected chi connectivity index (χ1v) is 11.3. The van der Waals surface area contributed by atoms with E-state index in [2.05, 4.69) is 83.3 Å². The van der Waals surface area contributed by atoms with E-state index in [4.69, 9.17) is 11.6 Å². The van der Waals surface area contributed by atoms with Crippen molar-refractivity contribution in [2.75, 3.05) is 25.0 Å². The van der Waals surface area contributed by atoms with Gasteiger partial charge in [-0.15, -0.1) is 23.7 Å². The zero-order valence-electron chi connectivity index (χ0n) is 16.8. The van der Waals surface area contributed by atoms with Crippen molar-refractivity contribution in [1.29, 1.82) is 0 Å². The maximum absolute atomic E-state index is 6.70. The molecule has 0 radical (unpaired) electrons. The van der Waals surface area contributed by atoms with E-state index >= 15 is 0 Å². The quantitative estimate of drug-likeness (QED) is 0.355. The summed E-state index contributed by atoms with van der Waals surface area (Å²) in [7, 11) is 2.13. The van der Waals surface area contributed by atoms with Crippen molar-refractivity contribution in [3.05, 3.63) is 82.2 Å². The van der Waals surface area contributed by atoms with Crippen molar-refractivity contribution < 1.29 is 0 Å². The Morgan fingerprint density at radius 2 is 1.77 bits per heavy atom. The summed E-state index contributed by atoms with van der Waals surface area (Å²) < 4.78 is 1.30. The Bertz CT molecular complexity index is 1170. The van der Waals surface area contributed by atoms with Gasteiger partial charge in [-0.25, -0.2) is 0 Å². The van der Waals surface area contributed by atoms with Crippen molar-refractivity contribution >= 4 is 56.8 Å². The summed E-state index contributed by atoms with van der Waals surface area (Å²) in [5.41, 5.74) is 7.67. The molecule has 1 aliphatic heterocycles. The molecule has 0 fully saturated rings. The van der Waals surface area contributed by atoms with Gasteiger partial charge in [-0.2, -0.15) is 0 Å². The molecule has 1 N–H and O–H groups in total. The van der Waals surface area contributed by atoms with Gasteiger partial charge in [0.2, 0.25) is 0 Å². The molecular weight excluding hydrogens is 431 g/mol. The molecular formula is C25H24Cl2N2S. The summed E-state index contributed by atoms with van der Waals surface area (Å²) >= 11 is 8.50. The second-order valence-corrected chi connectivity index (χ2v) is 8.86. The highest BCUT2D eigenvalue weighted by molar-refractivity contribution is 7.17. The van der Waals surface area contributed by atoms with E-state index in [1.807, 2.05) is 0 Å². The lowest BCUT2D eigenvalue weighted by atomic mass is 9.99. The Kier molecular flexibility index (Phi) is 6.35. The highest BCUT2D eigenvalue weighted by Gasteiger charge is 2.19. The Balaban J connectivity index is 0.00000218. The number of nitrogens with zero attached hydrogens (tertiary/aromatic N) is 1. The van der Waals surface area contributed by atoms with Gasteiger partial charge in [0.1, 0.15) is 0 Å². The lowest BCUT2D eigenvalue weighted by Gasteiger charge is -2.25. The molecule has 2 heterocycles. The van der Waals surface area contributed by atoms with Crippen LogP contribution in [0, 0.1) is 0 Å². The number of halogens is 2. The van der Waals surface area contributed by atoms with Gasteiger partial charge in [-0.05, 0) is 66.2 Å². The van der Waals surface area contributed by atoms with Gasteiger partial charge in [0, 0.05) is 28.4 Å². The van der Waals surface area contributed by atoms with Crippen LogP contribution in [-0.2, 0) is 12.8 Å². The molecule has 1 aliphatic rings. The SMILES string of the molecule is CN(c1ccc2c(-c3ccccc3)csc2c1)c1c(Cl)ccc2c1CCNCC2.Cl. The monoisotopic (exact) mass is 454 g/mol. The number of benzene rings is 3. The highest BCUT2D eigenvalue weighted by atomic mass is 35.5. The van der Waals surface area contributed by atoms with Crippen molar-refractivity contribution in [2.45, 2.75) is 12.8 Å². The van der Waals surface area contributed by atoms with Crippen molar-refractivity contribution in [2.24, 2.45) is 0 Å². The van der Waals surface area contributed by atoms with Crippen LogP contribution in [-0.4, -0.2) is 20.1 Å². The molecule has 0 amide bonds. The predicted octanol–water partition coefficient (Wildman–Crippen LogP) is 7.10. The fourth-order valence-electron chi connectivity index (χ4n) is 4.28. The molecule has 1 aromatic heterocycles. The molecule has 0 saturated heterocycles. The second-order valence-electron chi connectivity index (χ2n) is 7.54. The fraction of sp³-hybridized carbons (Fsp3) is 0.200. The van der Waals surface area contributed by atoms with Crippen molar-refractivity contribution in [3.63, 3.8) is 0 Å². The summed E-state index contributed by atoms with van der Waals surface area (Å²) in [4.78, 5) is 2.26. The normalized spacial score (nSPS) is 13.4. The second kappa shape index (κ2) is 8.99. The summed E-state index contributed by atoms with van der Waals surface area (Å²) in [6, 6.07) is 21.6. The molecule has 30 heavy (non-hydrogen) atoms. The average molecular weight is 455 g/mol. The lowest BCUT2D eigenvalue weighted by molar-refractivity contribution is 0.711. The van der Waals surface area contributed by atoms with Gasteiger partial charge in [-0.3, -0.25) is 0 Å². The molecule has 5 rings (SSSR count). The first-order valence-electron chi connectivity index (χ1n) is 10.0. The maximum Gasteiger partial charge on any atom is 0.0646 e. The molecule has 0 bridgehead atoms. The number of thiophene rings is 1. The standard InChI is InChI=1S/C25H23ClN2S.ClH/c1-28(25-20-12-14-27-13-11-18(20)7-10-23(25)26)19-8-9-21-22(16-29-24(21)15-19)17-5-3-2-4-6-17;/h2-10,15-16,27H,11-14H2,1H3;1H. The van der Waals surface area contributed by atoms with Gasteiger partial charge in [0.05, 0.1) is 10.7 Å². The maximum atomic E-state index is 6.70. The van der Waals surface area contributed by atoms with Crippen LogP contribution < -0.4 is 10.2 Å². The smallest absolute Gasteiger partial charge is 0.0646 e. The first kappa shape index (κ1) is 21.2. The van der Waals surface area contributed by atoms with E-state index in [9.17, 15) is 0 Å². The van der Waals surface area contributed by atoms with E-state index in [1.165, 1.54) is 38.0 Å². The predicted molar refractivity (Wildman–Crippen MR) is 134 cm³/mol. The molecule has 0 aliphatic carbocycles. The Morgan fingerprint density at radius 3 is 2.60 bits per heavy atom. The zero-order chi connectivity index (χ0) is 19.8. The summed E-state index contributed by atoms with van der Waals surface area (Å²) in [5, 5.41) is 7.89. The third kappa shape index (κ3) is 3.83. The molecule has 154 valence electrons. The number of anilines is 2. The van der Waals surface area contributed by atoms with E-state index in [0.717, 1.165) is 36.6 Å². The van der Waals surface area contributed by atoms with Gasteiger partial charge < -0.3 is 10.2 Å². The molecule has 3 aromatic carbocycles. The van der Waals surface area contributed by atoms with Crippen molar-refractivity contribution in [3.8, 4) is 11.1 Å². The average Bonchev–Trinajstić information content (AvgIpc) is 3.03. The summed E-state index contributed by atoms with van der Waals surface area (Å²) in [6.45, 7) is 2.03. The highest BCUT2D eigenvalue weighted by Crippen LogP contribution is 2.40. The Labute approximate surface area is 192 Å². The first-order chi connectivity index (χ1) is 14.2. The Hall–Kier alpha value is -2.04. The van der Waals surface area contributed by atoms with Crippen LogP contribution >= 0.6 is 35.3 Å². The number of hydrogen-bond acceptors (Lipinski definition) is 3. The van der Waals surface area contributed by atoms with Crippen LogP contribution in [0.3, 0.4) is 0 Å². The Morgan fingerprint density at radius 1 is 0.967 bits per heavy atom. The number of fused-ring (bicyclic) bond motifs is 2. The van der Waals surface area contributed by atoms with E-state index in [0.29, 0.717) is 0 Å². The fourth-order valence-corrected chi connectivity index (χ4v) is 5.59. The molecule has 0 atom stereocenters. The number of rotatable bonds is 3. The molecule has 5 heteroatoms. The third-order valence-electron chi connectivity index (χ3n) is 5.82. The number of hydrogen-bond donors (Lipinski definition) is 1.